The normalized spacial score (nSPS) is 15.2. The van der Waals surface area contributed by atoms with Gasteiger partial charge in [0, 0.05) is 6.42 Å². The topological polar surface area (TPSA) is 108 Å². The van der Waals surface area contributed by atoms with Crippen LogP contribution < -0.4 is 10.2 Å². The summed E-state index contributed by atoms with van der Waals surface area (Å²) in [5.41, 5.74) is 0. The summed E-state index contributed by atoms with van der Waals surface area (Å²) >= 11 is 0. The lowest BCUT2D eigenvalue weighted by atomic mass is 10.0. The summed E-state index contributed by atoms with van der Waals surface area (Å²) in [5, 5.41) is 13.7. The van der Waals surface area contributed by atoms with Gasteiger partial charge in [0.05, 0.1) is 39.9 Å². The molecule has 280 valence electrons. The standard InChI is InChI=1S/C39H73N2O6P/c1-6-8-10-12-14-15-16-17-18-19-20-21-22-23-24-25-27-29-31-33-39(43)40-37(38(42)32-30-28-26-13-11-9-7-2)36-47-48(44,45)46-35-34-41(3,4)5/h8,10,14-15,17-18,20-21,37-38,42H,6-7,9,11-13,16,19,22-36H2,1-5H3,(H-,40,43,44,45)/b10-8-,15-14-,18-17-,21-20-. The Hall–Kier alpha value is -1.54. The maximum atomic E-state index is 12.7. The lowest BCUT2D eigenvalue weighted by molar-refractivity contribution is -0.870. The third-order valence-electron chi connectivity index (χ3n) is 8.08. The summed E-state index contributed by atoms with van der Waals surface area (Å²) in [6.45, 7) is 4.51. The zero-order valence-electron chi connectivity index (χ0n) is 31.4. The van der Waals surface area contributed by atoms with E-state index in [4.69, 9.17) is 9.05 Å². The molecule has 0 heterocycles. The molecule has 0 fully saturated rings. The fraction of sp³-hybridized carbons (Fsp3) is 0.769. The predicted octanol–water partition coefficient (Wildman–Crippen LogP) is 9.11. The minimum atomic E-state index is -4.55. The molecule has 3 atom stereocenters. The molecule has 3 unspecified atom stereocenters. The van der Waals surface area contributed by atoms with E-state index in [1.54, 1.807) is 0 Å². The maximum Gasteiger partial charge on any atom is 0.268 e. The summed E-state index contributed by atoms with van der Waals surface area (Å²) in [4.78, 5) is 25.1. The van der Waals surface area contributed by atoms with Crippen molar-refractivity contribution in [3.63, 3.8) is 0 Å². The molecule has 0 spiro atoms. The van der Waals surface area contributed by atoms with Gasteiger partial charge in [-0.2, -0.15) is 0 Å². The van der Waals surface area contributed by atoms with Crippen LogP contribution in [0.1, 0.15) is 142 Å². The highest BCUT2D eigenvalue weighted by atomic mass is 31.2. The van der Waals surface area contributed by atoms with Crippen molar-refractivity contribution >= 4 is 13.7 Å². The van der Waals surface area contributed by atoms with Crippen LogP contribution in [0.2, 0.25) is 0 Å². The van der Waals surface area contributed by atoms with Crippen LogP contribution in [0.3, 0.4) is 0 Å². The van der Waals surface area contributed by atoms with Gasteiger partial charge in [-0.05, 0) is 51.4 Å². The number of aliphatic hydroxyl groups excluding tert-OH is 1. The first kappa shape index (κ1) is 46.5. The fourth-order valence-corrected chi connectivity index (χ4v) is 5.75. The van der Waals surface area contributed by atoms with E-state index < -0.39 is 20.0 Å². The van der Waals surface area contributed by atoms with Gasteiger partial charge in [0.15, 0.2) is 0 Å². The number of likely N-dealkylation sites (N-methyl/N-ethyl adjacent to an activating group) is 1. The van der Waals surface area contributed by atoms with E-state index in [9.17, 15) is 19.4 Å². The van der Waals surface area contributed by atoms with Crippen molar-refractivity contribution in [3.05, 3.63) is 48.6 Å². The molecule has 48 heavy (non-hydrogen) atoms. The van der Waals surface area contributed by atoms with Crippen LogP contribution in [0.5, 0.6) is 0 Å². The number of aliphatic hydroxyl groups is 1. The van der Waals surface area contributed by atoms with Gasteiger partial charge in [0.1, 0.15) is 13.2 Å². The zero-order chi connectivity index (χ0) is 35.8. The molecular weight excluding hydrogens is 623 g/mol. The molecule has 0 rings (SSSR count). The highest BCUT2D eigenvalue weighted by molar-refractivity contribution is 7.45. The first-order valence-electron chi connectivity index (χ1n) is 19.0. The molecule has 0 radical (unpaired) electrons. The minimum absolute atomic E-state index is 0.00627. The number of allylic oxidation sites excluding steroid dienone is 8. The Morgan fingerprint density at radius 1 is 0.750 bits per heavy atom. The number of quaternary nitrogens is 1. The van der Waals surface area contributed by atoms with E-state index in [0.717, 1.165) is 77.0 Å². The van der Waals surface area contributed by atoms with Crippen LogP contribution in [0.4, 0.5) is 0 Å². The molecule has 8 nitrogen and oxygen atoms in total. The monoisotopic (exact) mass is 697 g/mol. The summed E-state index contributed by atoms with van der Waals surface area (Å²) in [6, 6.07) is -0.805. The Balaban J connectivity index is 4.35. The molecule has 0 saturated carbocycles. The third kappa shape index (κ3) is 33.0. The maximum absolute atomic E-state index is 12.7. The molecule has 9 heteroatoms. The van der Waals surface area contributed by atoms with Crippen molar-refractivity contribution in [1.29, 1.82) is 0 Å². The number of nitrogens with one attached hydrogen (secondary N) is 1. The highest BCUT2D eigenvalue weighted by Gasteiger charge is 2.24. The summed E-state index contributed by atoms with van der Waals surface area (Å²) in [7, 11) is 1.28. The number of rotatable bonds is 33. The van der Waals surface area contributed by atoms with Gasteiger partial charge in [0.2, 0.25) is 5.91 Å². The van der Waals surface area contributed by atoms with Crippen LogP contribution in [0, 0.1) is 0 Å². The Morgan fingerprint density at radius 2 is 1.27 bits per heavy atom. The van der Waals surface area contributed by atoms with Gasteiger partial charge in [-0.15, -0.1) is 0 Å². The van der Waals surface area contributed by atoms with Crippen LogP contribution in [-0.2, 0) is 18.4 Å². The van der Waals surface area contributed by atoms with Gasteiger partial charge in [-0.3, -0.25) is 9.36 Å². The van der Waals surface area contributed by atoms with Gasteiger partial charge in [0.25, 0.3) is 7.82 Å². The van der Waals surface area contributed by atoms with Crippen molar-refractivity contribution in [2.24, 2.45) is 0 Å². The third-order valence-corrected chi connectivity index (χ3v) is 9.05. The zero-order valence-corrected chi connectivity index (χ0v) is 32.3. The smallest absolute Gasteiger partial charge is 0.268 e. The molecule has 0 bridgehead atoms. The molecule has 0 aromatic heterocycles. The highest BCUT2D eigenvalue weighted by Crippen LogP contribution is 2.38. The first-order chi connectivity index (χ1) is 23.0. The molecule has 1 amide bonds. The number of carbonyl (C=O) groups is 1. The van der Waals surface area contributed by atoms with E-state index in [-0.39, 0.29) is 19.1 Å². The Morgan fingerprint density at radius 3 is 1.85 bits per heavy atom. The Labute approximate surface area is 295 Å². The molecule has 0 saturated heterocycles. The quantitative estimate of drug-likeness (QED) is 0.0307. The number of hydrogen-bond acceptors (Lipinski definition) is 6. The van der Waals surface area contributed by atoms with Crippen LogP contribution in [0.15, 0.2) is 48.6 Å². The largest absolute Gasteiger partial charge is 0.756 e. The molecule has 2 N–H and O–H groups in total. The van der Waals surface area contributed by atoms with Crippen molar-refractivity contribution in [2.45, 2.75) is 154 Å². The number of hydrogen-bond donors (Lipinski definition) is 2. The molecule has 0 aromatic rings. The van der Waals surface area contributed by atoms with Gasteiger partial charge in [-0.25, -0.2) is 0 Å². The van der Waals surface area contributed by atoms with Crippen LogP contribution in [-0.4, -0.2) is 68.5 Å². The molecule has 0 aliphatic rings. The van der Waals surface area contributed by atoms with E-state index in [1.807, 2.05) is 21.1 Å². The second-order valence-corrected chi connectivity index (χ2v) is 15.3. The van der Waals surface area contributed by atoms with Gasteiger partial charge >= 0.3 is 0 Å². The average Bonchev–Trinajstić information content (AvgIpc) is 3.02. The van der Waals surface area contributed by atoms with E-state index >= 15 is 0 Å². The lowest BCUT2D eigenvalue weighted by Crippen LogP contribution is -2.46. The van der Waals surface area contributed by atoms with Gasteiger partial charge < -0.3 is 28.8 Å². The summed E-state index contributed by atoms with van der Waals surface area (Å²) in [5.74, 6) is -0.187. The van der Waals surface area contributed by atoms with Crippen molar-refractivity contribution in [3.8, 4) is 0 Å². The Bertz CT molecular complexity index is 928. The fourth-order valence-electron chi connectivity index (χ4n) is 5.03. The van der Waals surface area contributed by atoms with E-state index in [2.05, 4.69) is 67.8 Å². The van der Waals surface area contributed by atoms with Crippen molar-refractivity contribution < 1.29 is 32.9 Å². The molecule has 0 aliphatic heterocycles. The van der Waals surface area contributed by atoms with E-state index in [0.29, 0.717) is 23.9 Å². The Kier molecular flexibility index (Phi) is 30.4. The number of nitrogens with zero attached hydrogens (tertiary/aromatic N) is 1. The number of amides is 1. The minimum Gasteiger partial charge on any atom is -0.756 e. The van der Waals surface area contributed by atoms with Crippen molar-refractivity contribution in [2.75, 3.05) is 40.9 Å². The number of carbonyl (C=O) groups excluding carboxylic acids is 1. The SMILES string of the molecule is CC/C=C\C/C=C\C/C=C\C/C=C\CCCCCCCCC(=O)NC(COP(=O)([O-])OCC[N+](C)(C)C)C(O)CCCCCCCCC. The van der Waals surface area contributed by atoms with Gasteiger partial charge in [-0.1, -0.05) is 133 Å². The van der Waals surface area contributed by atoms with Crippen LogP contribution >= 0.6 is 7.82 Å². The van der Waals surface area contributed by atoms with Crippen molar-refractivity contribution in [1.82, 2.24) is 5.32 Å². The summed E-state index contributed by atoms with van der Waals surface area (Å²) < 4.78 is 23.0. The van der Waals surface area contributed by atoms with Crippen LogP contribution in [0.25, 0.3) is 0 Å². The van der Waals surface area contributed by atoms with E-state index in [1.165, 1.54) is 38.5 Å². The second kappa shape index (κ2) is 31.4. The molecular formula is C39H73N2O6P. The number of phosphoric ester groups is 1. The number of phosphoric acid groups is 1. The second-order valence-electron chi connectivity index (χ2n) is 13.9. The predicted molar refractivity (Wildman–Crippen MR) is 201 cm³/mol. The molecule has 0 aliphatic carbocycles. The molecule has 0 aromatic carbocycles. The lowest BCUT2D eigenvalue weighted by Gasteiger charge is -2.30. The first-order valence-corrected chi connectivity index (χ1v) is 20.4. The average molecular weight is 697 g/mol. The summed E-state index contributed by atoms with van der Waals surface area (Å²) in [6.07, 6.45) is 37.0. The number of unbranched alkanes of at least 4 members (excludes halogenated alkanes) is 12.